The number of nitrogens with one attached hydrogen (secondary N) is 1. The van der Waals surface area contributed by atoms with E-state index in [0.717, 1.165) is 18.7 Å². The van der Waals surface area contributed by atoms with Gasteiger partial charge in [-0.3, -0.25) is 0 Å². The second-order valence-corrected chi connectivity index (χ2v) is 3.76. The van der Waals surface area contributed by atoms with Crippen LogP contribution in [0.4, 0.5) is 0 Å². The Hall–Kier alpha value is -1.06. The molecule has 2 N–H and O–H groups in total. The van der Waals surface area contributed by atoms with Crippen molar-refractivity contribution in [2.24, 2.45) is 0 Å². The number of aliphatic hydroxyl groups is 1. The Kier molecular flexibility index (Phi) is 5.90. The highest BCUT2D eigenvalue weighted by Gasteiger charge is 1.99. The van der Waals surface area contributed by atoms with Crippen LogP contribution in [0, 0.1) is 6.92 Å². The molecule has 0 amide bonds. The summed E-state index contributed by atoms with van der Waals surface area (Å²) in [5, 5.41) is 11.6. The number of hydrogen-bond donors (Lipinski definition) is 2. The van der Waals surface area contributed by atoms with Gasteiger partial charge in [0.05, 0.1) is 6.61 Å². The van der Waals surface area contributed by atoms with Crippen LogP contribution in [0.5, 0.6) is 5.75 Å². The summed E-state index contributed by atoms with van der Waals surface area (Å²) < 4.78 is 5.61. The third-order valence-corrected chi connectivity index (χ3v) is 2.54. The van der Waals surface area contributed by atoms with E-state index in [9.17, 15) is 0 Å². The van der Waals surface area contributed by atoms with E-state index in [1.165, 1.54) is 11.1 Å². The summed E-state index contributed by atoms with van der Waals surface area (Å²) >= 11 is 0. The van der Waals surface area contributed by atoms with Gasteiger partial charge in [-0.1, -0.05) is 13.0 Å². The van der Waals surface area contributed by atoms with Gasteiger partial charge in [0.25, 0.3) is 0 Å². The molecule has 0 aromatic heterocycles. The van der Waals surface area contributed by atoms with Gasteiger partial charge in [-0.2, -0.15) is 0 Å². The second-order valence-electron chi connectivity index (χ2n) is 3.76. The van der Waals surface area contributed by atoms with Crippen molar-refractivity contribution in [2.75, 3.05) is 26.3 Å². The zero-order chi connectivity index (χ0) is 11.8. The van der Waals surface area contributed by atoms with Gasteiger partial charge in [-0.15, -0.1) is 0 Å². The van der Waals surface area contributed by atoms with Crippen molar-refractivity contribution < 1.29 is 9.84 Å². The molecular formula is C13H21NO2. The fourth-order valence-corrected chi connectivity index (χ4v) is 1.56. The van der Waals surface area contributed by atoms with Crippen molar-refractivity contribution in [2.45, 2.75) is 20.3 Å². The summed E-state index contributed by atoms with van der Waals surface area (Å²) in [6.07, 6.45) is 1.03. The minimum absolute atomic E-state index is 0.171. The van der Waals surface area contributed by atoms with Crippen LogP contribution in [0.25, 0.3) is 0 Å². The molecule has 1 rings (SSSR count). The predicted molar refractivity (Wildman–Crippen MR) is 66.0 cm³/mol. The number of rotatable bonds is 7. The lowest BCUT2D eigenvalue weighted by Gasteiger charge is -2.09. The Morgan fingerprint density at radius 2 is 2.12 bits per heavy atom. The van der Waals surface area contributed by atoms with Crippen LogP contribution in [-0.2, 0) is 6.42 Å². The summed E-state index contributed by atoms with van der Waals surface area (Å²) in [6, 6.07) is 6.19. The first-order chi connectivity index (χ1) is 7.77. The average molecular weight is 223 g/mol. The third-order valence-electron chi connectivity index (χ3n) is 2.54. The van der Waals surface area contributed by atoms with Gasteiger partial charge in [0.1, 0.15) is 12.4 Å². The van der Waals surface area contributed by atoms with Gasteiger partial charge in [-0.25, -0.2) is 0 Å². The molecule has 0 radical (unpaired) electrons. The molecule has 0 saturated heterocycles. The van der Waals surface area contributed by atoms with E-state index in [1.807, 2.05) is 6.07 Å². The number of ether oxygens (including phenoxy) is 1. The van der Waals surface area contributed by atoms with Crippen LogP contribution in [0.3, 0.4) is 0 Å². The molecule has 0 aliphatic heterocycles. The van der Waals surface area contributed by atoms with Crippen molar-refractivity contribution in [3.63, 3.8) is 0 Å². The Morgan fingerprint density at radius 1 is 1.31 bits per heavy atom. The van der Waals surface area contributed by atoms with Gasteiger partial charge in [0.15, 0.2) is 0 Å². The number of benzene rings is 1. The molecule has 0 bridgehead atoms. The van der Waals surface area contributed by atoms with Crippen LogP contribution >= 0.6 is 0 Å². The molecule has 3 nitrogen and oxygen atoms in total. The van der Waals surface area contributed by atoms with E-state index in [2.05, 4.69) is 31.3 Å². The first-order valence-electron chi connectivity index (χ1n) is 5.81. The van der Waals surface area contributed by atoms with E-state index in [-0.39, 0.29) is 6.61 Å². The van der Waals surface area contributed by atoms with Gasteiger partial charge < -0.3 is 15.2 Å². The first kappa shape index (κ1) is 13.0. The summed E-state index contributed by atoms with van der Waals surface area (Å²) in [5.41, 5.74) is 2.65. The highest BCUT2D eigenvalue weighted by molar-refractivity contribution is 5.34. The fourth-order valence-electron chi connectivity index (χ4n) is 1.56. The maximum Gasteiger partial charge on any atom is 0.119 e. The lowest BCUT2D eigenvalue weighted by Crippen LogP contribution is -2.23. The Bertz CT molecular complexity index is 313. The van der Waals surface area contributed by atoms with E-state index in [1.54, 1.807) is 0 Å². The molecular weight excluding hydrogens is 202 g/mol. The molecule has 1 aromatic carbocycles. The molecule has 0 heterocycles. The topological polar surface area (TPSA) is 41.5 Å². The molecule has 0 saturated carbocycles. The van der Waals surface area contributed by atoms with E-state index < -0.39 is 0 Å². The summed E-state index contributed by atoms with van der Waals surface area (Å²) in [6.45, 7) is 6.45. The second kappa shape index (κ2) is 7.25. The van der Waals surface area contributed by atoms with Crippen LogP contribution in [0.1, 0.15) is 18.1 Å². The number of hydrogen-bond acceptors (Lipinski definition) is 3. The van der Waals surface area contributed by atoms with Crippen molar-refractivity contribution in [3.05, 3.63) is 29.3 Å². The van der Waals surface area contributed by atoms with Crippen LogP contribution < -0.4 is 10.1 Å². The van der Waals surface area contributed by atoms with Crippen molar-refractivity contribution >= 4 is 0 Å². The molecule has 0 atom stereocenters. The van der Waals surface area contributed by atoms with E-state index in [4.69, 9.17) is 9.84 Å². The van der Waals surface area contributed by atoms with Crippen LogP contribution in [0.2, 0.25) is 0 Å². The van der Waals surface area contributed by atoms with E-state index >= 15 is 0 Å². The Balaban J connectivity index is 2.36. The Labute approximate surface area is 97.4 Å². The predicted octanol–water partition coefficient (Wildman–Crippen LogP) is 1.52. The standard InChI is InChI=1S/C13H21NO2/c1-3-12-10-13(5-4-11(12)2)16-9-7-14-6-8-15/h4-5,10,14-15H,3,6-9H2,1-2H3. The maximum atomic E-state index is 8.58. The highest BCUT2D eigenvalue weighted by Crippen LogP contribution is 2.17. The van der Waals surface area contributed by atoms with Gasteiger partial charge in [0.2, 0.25) is 0 Å². The maximum absolute atomic E-state index is 8.58. The molecule has 3 heteroatoms. The quantitative estimate of drug-likeness (QED) is 0.689. The molecule has 0 aliphatic carbocycles. The van der Waals surface area contributed by atoms with Gasteiger partial charge in [-0.05, 0) is 36.6 Å². The van der Waals surface area contributed by atoms with Gasteiger partial charge >= 0.3 is 0 Å². The number of aliphatic hydroxyl groups excluding tert-OH is 1. The zero-order valence-electron chi connectivity index (χ0n) is 10.1. The molecule has 0 spiro atoms. The van der Waals surface area contributed by atoms with Gasteiger partial charge in [0, 0.05) is 13.1 Å². The normalized spacial score (nSPS) is 10.4. The lowest BCUT2D eigenvalue weighted by molar-refractivity contribution is 0.276. The lowest BCUT2D eigenvalue weighted by atomic mass is 10.1. The molecule has 0 aliphatic rings. The molecule has 1 aromatic rings. The van der Waals surface area contributed by atoms with Crippen molar-refractivity contribution in [1.29, 1.82) is 0 Å². The van der Waals surface area contributed by atoms with Crippen molar-refractivity contribution in [1.82, 2.24) is 5.32 Å². The minimum Gasteiger partial charge on any atom is -0.492 e. The molecule has 16 heavy (non-hydrogen) atoms. The zero-order valence-corrected chi connectivity index (χ0v) is 10.1. The summed E-state index contributed by atoms with van der Waals surface area (Å²) in [5.74, 6) is 0.924. The third kappa shape index (κ3) is 4.21. The number of aryl methyl sites for hydroxylation is 2. The Morgan fingerprint density at radius 3 is 2.81 bits per heavy atom. The largest absolute Gasteiger partial charge is 0.492 e. The van der Waals surface area contributed by atoms with E-state index in [0.29, 0.717) is 13.2 Å². The van der Waals surface area contributed by atoms with Crippen LogP contribution in [-0.4, -0.2) is 31.4 Å². The highest BCUT2D eigenvalue weighted by atomic mass is 16.5. The first-order valence-corrected chi connectivity index (χ1v) is 5.81. The average Bonchev–Trinajstić information content (AvgIpc) is 2.31. The van der Waals surface area contributed by atoms with Crippen molar-refractivity contribution in [3.8, 4) is 5.75 Å². The summed E-state index contributed by atoms with van der Waals surface area (Å²) in [4.78, 5) is 0. The molecule has 0 unspecified atom stereocenters. The SMILES string of the molecule is CCc1cc(OCCNCCO)ccc1C. The molecule has 90 valence electrons. The monoisotopic (exact) mass is 223 g/mol. The molecule has 0 fully saturated rings. The fraction of sp³-hybridized carbons (Fsp3) is 0.538. The van der Waals surface area contributed by atoms with Crippen LogP contribution in [0.15, 0.2) is 18.2 Å². The summed E-state index contributed by atoms with van der Waals surface area (Å²) in [7, 11) is 0. The minimum atomic E-state index is 0.171. The smallest absolute Gasteiger partial charge is 0.119 e.